The molecule has 1 amide bonds. The van der Waals surface area contributed by atoms with E-state index in [-0.39, 0.29) is 22.9 Å². The van der Waals surface area contributed by atoms with Crippen LogP contribution in [0.5, 0.6) is 5.75 Å². The van der Waals surface area contributed by atoms with Gasteiger partial charge in [-0.2, -0.15) is 0 Å². The maximum atomic E-state index is 12.2. The van der Waals surface area contributed by atoms with Crippen molar-refractivity contribution >= 4 is 22.6 Å². The Morgan fingerprint density at radius 2 is 1.95 bits per heavy atom. The molecule has 5 nitrogen and oxygen atoms in total. The van der Waals surface area contributed by atoms with Gasteiger partial charge in [0.15, 0.2) is 0 Å². The van der Waals surface area contributed by atoms with E-state index in [0.29, 0.717) is 10.9 Å². The van der Waals surface area contributed by atoms with Crippen LogP contribution >= 0.6 is 0 Å². The average Bonchev–Trinajstić information content (AvgIpc) is 2.48. The van der Waals surface area contributed by atoms with Gasteiger partial charge in [-0.15, -0.1) is 0 Å². The first kappa shape index (κ1) is 13.9. The number of hydrogen-bond donors (Lipinski definition) is 2. The van der Waals surface area contributed by atoms with Gasteiger partial charge < -0.3 is 14.8 Å². The van der Waals surface area contributed by atoms with Crippen LogP contribution in [0.25, 0.3) is 11.0 Å². The van der Waals surface area contributed by atoms with Crippen molar-refractivity contribution < 1.29 is 14.3 Å². The summed E-state index contributed by atoms with van der Waals surface area (Å²) in [4.78, 5) is 24.1. The summed E-state index contributed by atoms with van der Waals surface area (Å²) in [6.07, 6.45) is 0. The highest BCUT2D eigenvalue weighted by Gasteiger charge is 2.11. The third-order valence-electron chi connectivity index (χ3n) is 3.25. The van der Waals surface area contributed by atoms with Crippen molar-refractivity contribution in [1.29, 1.82) is 0 Å². The predicted molar refractivity (Wildman–Crippen MR) is 83.3 cm³/mol. The number of aromatic hydroxyl groups is 1. The maximum absolute atomic E-state index is 12.2. The molecule has 0 atom stereocenters. The summed E-state index contributed by atoms with van der Waals surface area (Å²) in [5, 5.41) is 12.5. The van der Waals surface area contributed by atoms with Crippen LogP contribution in [0, 0.1) is 6.92 Å². The van der Waals surface area contributed by atoms with E-state index in [9.17, 15) is 14.7 Å². The molecular formula is C17H13NO4. The number of carbonyl (C=O) groups is 1. The summed E-state index contributed by atoms with van der Waals surface area (Å²) in [5.41, 5.74) is 1.07. The minimum atomic E-state index is -0.667. The SMILES string of the molecule is Cc1cccc(C(=O)Nc2cc3ccc(O)cc3oc2=O)c1. The number of phenols is 1. The van der Waals surface area contributed by atoms with Gasteiger partial charge in [0.25, 0.3) is 5.91 Å². The fourth-order valence-corrected chi connectivity index (χ4v) is 2.17. The molecule has 0 spiro atoms. The highest BCUT2D eigenvalue weighted by Crippen LogP contribution is 2.21. The lowest BCUT2D eigenvalue weighted by atomic mass is 10.1. The molecule has 1 aromatic heterocycles. The molecule has 22 heavy (non-hydrogen) atoms. The quantitative estimate of drug-likeness (QED) is 0.712. The highest BCUT2D eigenvalue weighted by molar-refractivity contribution is 6.04. The maximum Gasteiger partial charge on any atom is 0.360 e. The number of benzene rings is 2. The van der Waals surface area contributed by atoms with Gasteiger partial charge >= 0.3 is 5.63 Å². The van der Waals surface area contributed by atoms with E-state index in [1.807, 2.05) is 13.0 Å². The Labute approximate surface area is 125 Å². The van der Waals surface area contributed by atoms with Crippen molar-refractivity contribution in [2.24, 2.45) is 0 Å². The Bertz CT molecular complexity index is 927. The van der Waals surface area contributed by atoms with Gasteiger partial charge in [0, 0.05) is 17.0 Å². The van der Waals surface area contributed by atoms with Crippen molar-refractivity contribution in [3.63, 3.8) is 0 Å². The van der Waals surface area contributed by atoms with Gasteiger partial charge in [-0.05, 0) is 37.3 Å². The van der Waals surface area contributed by atoms with Crippen molar-refractivity contribution in [2.45, 2.75) is 6.92 Å². The first-order chi connectivity index (χ1) is 10.5. The van der Waals surface area contributed by atoms with Crippen LogP contribution in [-0.2, 0) is 0 Å². The van der Waals surface area contributed by atoms with Gasteiger partial charge in [-0.25, -0.2) is 4.79 Å². The third kappa shape index (κ3) is 2.69. The first-order valence-corrected chi connectivity index (χ1v) is 6.68. The Morgan fingerprint density at radius 1 is 1.14 bits per heavy atom. The Balaban J connectivity index is 1.97. The van der Waals surface area contributed by atoms with E-state index >= 15 is 0 Å². The number of phenolic OH excluding ortho intramolecular Hbond substituents is 1. The van der Waals surface area contributed by atoms with Crippen molar-refractivity contribution in [2.75, 3.05) is 5.32 Å². The lowest BCUT2D eigenvalue weighted by Gasteiger charge is -2.06. The second kappa shape index (κ2) is 5.37. The number of rotatable bonds is 2. The van der Waals surface area contributed by atoms with Crippen molar-refractivity contribution in [3.8, 4) is 5.75 Å². The second-order valence-corrected chi connectivity index (χ2v) is 4.99. The lowest BCUT2D eigenvalue weighted by Crippen LogP contribution is -2.17. The largest absolute Gasteiger partial charge is 0.508 e. The van der Waals surface area contributed by atoms with Crippen molar-refractivity contribution in [3.05, 3.63) is 70.1 Å². The summed E-state index contributed by atoms with van der Waals surface area (Å²) in [5.74, 6) is -0.374. The zero-order valence-electron chi connectivity index (χ0n) is 11.8. The van der Waals surface area contributed by atoms with Crippen LogP contribution in [0.15, 0.2) is 57.7 Å². The van der Waals surface area contributed by atoms with E-state index in [4.69, 9.17) is 4.42 Å². The standard InChI is InChI=1S/C17H13NO4/c1-10-3-2-4-12(7-10)16(20)18-14-8-11-5-6-13(19)9-15(11)22-17(14)21/h2-9,19H,1H3,(H,18,20). The van der Waals surface area contributed by atoms with Crippen LogP contribution < -0.4 is 10.9 Å². The topological polar surface area (TPSA) is 79.5 Å². The number of amides is 1. The Morgan fingerprint density at radius 3 is 2.73 bits per heavy atom. The molecule has 110 valence electrons. The van der Waals surface area contributed by atoms with E-state index < -0.39 is 5.63 Å². The molecule has 0 aliphatic heterocycles. The number of aryl methyl sites for hydroxylation is 1. The summed E-state index contributed by atoms with van der Waals surface area (Å²) in [7, 11) is 0. The molecule has 0 bridgehead atoms. The molecule has 0 fully saturated rings. The van der Waals surface area contributed by atoms with Gasteiger partial charge in [0.05, 0.1) is 0 Å². The monoisotopic (exact) mass is 295 g/mol. The highest BCUT2D eigenvalue weighted by atomic mass is 16.4. The van der Waals surface area contributed by atoms with Gasteiger partial charge in [-0.1, -0.05) is 17.7 Å². The molecule has 0 saturated heterocycles. The molecule has 0 aliphatic rings. The molecule has 0 radical (unpaired) electrons. The molecule has 0 unspecified atom stereocenters. The predicted octanol–water partition coefficient (Wildman–Crippen LogP) is 3.06. The fraction of sp³-hybridized carbons (Fsp3) is 0.0588. The number of fused-ring (bicyclic) bond motifs is 1. The lowest BCUT2D eigenvalue weighted by molar-refractivity contribution is 0.102. The van der Waals surface area contributed by atoms with Gasteiger partial charge in [0.1, 0.15) is 17.0 Å². The third-order valence-corrected chi connectivity index (χ3v) is 3.25. The smallest absolute Gasteiger partial charge is 0.360 e. The first-order valence-electron chi connectivity index (χ1n) is 6.68. The zero-order valence-corrected chi connectivity index (χ0v) is 11.8. The van der Waals surface area contributed by atoms with Crippen LogP contribution in [0.1, 0.15) is 15.9 Å². The van der Waals surface area contributed by atoms with Crippen LogP contribution in [0.3, 0.4) is 0 Å². The number of carbonyl (C=O) groups excluding carboxylic acids is 1. The molecule has 0 saturated carbocycles. The van der Waals surface area contributed by atoms with E-state index in [2.05, 4.69) is 5.32 Å². The molecular weight excluding hydrogens is 282 g/mol. The Kier molecular flexibility index (Phi) is 3.39. The molecule has 3 rings (SSSR count). The number of hydrogen-bond acceptors (Lipinski definition) is 4. The molecule has 2 N–H and O–H groups in total. The van der Waals surface area contributed by atoms with Crippen molar-refractivity contribution in [1.82, 2.24) is 0 Å². The van der Waals surface area contributed by atoms with Crippen LogP contribution in [0.4, 0.5) is 5.69 Å². The number of nitrogens with one attached hydrogen (secondary N) is 1. The fourth-order valence-electron chi connectivity index (χ4n) is 2.17. The van der Waals surface area contributed by atoms with Gasteiger partial charge in [-0.3, -0.25) is 4.79 Å². The molecule has 0 aliphatic carbocycles. The van der Waals surface area contributed by atoms with E-state index in [1.165, 1.54) is 18.2 Å². The molecule has 2 aromatic carbocycles. The summed E-state index contributed by atoms with van der Waals surface area (Å²) >= 11 is 0. The van der Waals surface area contributed by atoms with E-state index in [0.717, 1.165) is 5.56 Å². The summed E-state index contributed by atoms with van der Waals surface area (Å²) < 4.78 is 5.10. The second-order valence-electron chi connectivity index (χ2n) is 4.99. The molecule has 5 heteroatoms. The van der Waals surface area contributed by atoms with Crippen LogP contribution in [0.2, 0.25) is 0 Å². The number of anilines is 1. The normalized spacial score (nSPS) is 10.6. The van der Waals surface area contributed by atoms with Gasteiger partial charge in [0.2, 0.25) is 0 Å². The van der Waals surface area contributed by atoms with Crippen LogP contribution in [-0.4, -0.2) is 11.0 Å². The molecule has 3 aromatic rings. The minimum Gasteiger partial charge on any atom is -0.508 e. The average molecular weight is 295 g/mol. The minimum absolute atomic E-state index is 0.00666. The van der Waals surface area contributed by atoms with E-state index in [1.54, 1.807) is 24.3 Å². The Hall–Kier alpha value is -3.08. The summed E-state index contributed by atoms with van der Waals surface area (Å²) in [6.45, 7) is 1.88. The molecule has 1 heterocycles. The summed E-state index contributed by atoms with van der Waals surface area (Å²) in [6, 6.07) is 13.0. The zero-order chi connectivity index (χ0) is 15.7.